The van der Waals surface area contributed by atoms with Crippen molar-refractivity contribution in [3.05, 3.63) is 40.2 Å². The summed E-state index contributed by atoms with van der Waals surface area (Å²) in [5.74, 6) is -0.0113. The lowest BCUT2D eigenvalue weighted by Gasteiger charge is -2.14. The number of carbonyl (C=O) groups excluding carboxylic acids is 1. The fourth-order valence-electron chi connectivity index (χ4n) is 2.16. The van der Waals surface area contributed by atoms with Gasteiger partial charge in [0.2, 0.25) is 5.91 Å². The first-order chi connectivity index (χ1) is 9.95. The number of pyridine rings is 1. The standard InChI is InChI=1S/C15H20N4OS/c1-9-5-4-6-17-12(9)7-10(2)18-14(20)8-13-11(3)19-15(16)21-13/h4-6,10H,7-8H2,1-3H3,(H2,16,19)(H,18,20)/t10-/m0/s1. The van der Waals surface area contributed by atoms with Gasteiger partial charge in [-0.05, 0) is 32.4 Å². The summed E-state index contributed by atoms with van der Waals surface area (Å²) >= 11 is 1.37. The average Bonchev–Trinajstić information content (AvgIpc) is 2.70. The van der Waals surface area contributed by atoms with Crippen LogP contribution in [0.4, 0.5) is 5.13 Å². The minimum absolute atomic E-state index is 0.0113. The number of carbonyl (C=O) groups is 1. The Morgan fingerprint density at radius 1 is 1.48 bits per heavy atom. The molecule has 6 heteroatoms. The number of aromatic nitrogens is 2. The molecular weight excluding hydrogens is 284 g/mol. The van der Waals surface area contributed by atoms with E-state index in [4.69, 9.17) is 5.73 Å². The molecule has 2 aromatic rings. The number of hydrogen-bond acceptors (Lipinski definition) is 5. The van der Waals surface area contributed by atoms with Gasteiger partial charge in [-0.15, -0.1) is 11.3 Å². The maximum Gasteiger partial charge on any atom is 0.225 e. The highest BCUT2D eigenvalue weighted by Gasteiger charge is 2.14. The van der Waals surface area contributed by atoms with E-state index in [0.29, 0.717) is 11.6 Å². The van der Waals surface area contributed by atoms with Crippen LogP contribution >= 0.6 is 11.3 Å². The molecule has 0 saturated heterocycles. The molecule has 1 amide bonds. The number of hydrogen-bond donors (Lipinski definition) is 2. The summed E-state index contributed by atoms with van der Waals surface area (Å²) in [4.78, 5) is 21.5. The molecule has 0 aromatic carbocycles. The second-order valence-electron chi connectivity index (χ2n) is 5.18. The van der Waals surface area contributed by atoms with Gasteiger partial charge in [0, 0.05) is 29.2 Å². The number of rotatable bonds is 5. The lowest BCUT2D eigenvalue weighted by molar-refractivity contribution is -0.121. The Hall–Kier alpha value is -1.95. The van der Waals surface area contributed by atoms with E-state index < -0.39 is 0 Å². The Labute approximate surface area is 128 Å². The van der Waals surface area contributed by atoms with Crippen molar-refractivity contribution in [1.29, 1.82) is 0 Å². The zero-order valence-corrected chi connectivity index (χ0v) is 13.3. The molecular formula is C15H20N4OS. The van der Waals surface area contributed by atoms with Gasteiger partial charge in [-0.25, -0.2) is 4.98 Å². The van der Waals surface area contributed by atoms with Crippen molar-refractivity contribution in [3.8, 4) is 0 Å². The molecule has 0 bridgehead atoms. The molecule has 2 rings (SSSR count). The van der Waals surface area contributed by atoms with Crippen molar-refractivity contribution in [2.24, 2.45) is 0 Å². The minimum atomic E-state index is -0.0113. The molecule has 0 aliphatic rings. The number of anilines is 1. The third kappa shape index (κ3) is 4.26. The molecule has 1 atom stereocenters. The molecule has 3 N–H and O–H groups in total. The van der Waals surface area contributed by atoms with Gasteiger partial charge in [0.15, 0.2) is 5.13 Å². The number of thiazole rings is 1. The van der Waals surface area contributed by atoms with E-state index in [1.807, 2.05) is 32.9 Å². The first-order valence-corrected chi connectivity index (χ1v) is 7.69. The molecule has 0 fully saturated rings. The zero-order valence-electron chi connectivity index (χ0n) is 12.5. The SMILES string of the molecule is Cc1cccnc1C[C@H](C)NC(=O)Cc1sc(N)nc1C. The third-order valence-electron chi connectivity index (χ3n) is 3.26. The Bertz CT molecular complexity index is 638. The van der Waals surface area contributed by atoms with Crippen LogP contribution in [0.25, 0.3) is 0 Å². The van der Waals surface area contributed by atoms with Crippen LogP contribution in [0, 0.1) is 13.8 Å². The number of nitrogens with one attached hydrogen (secondary N) is 1. The van der Waals surface area contributed by atoms with Crippen LogP contribution in [-0.4, -0.2) is 21.9 Å². The maximum absolute atomic E-state index is 12.1. The molecule has 2 aromatic heterocycles. The lowest BCUT2D eigenvalue weighted by atomic mass is 10.1. The van der Waals surface area contributed by atoms with Crippen molar-refractivity contribution in [2.75, 3.05) is 5.73 Å². The fraction of sp³-hybridized carbons (Fsp3) is 0.400. The number of nitrogens with zero attached hydrogens (tertiary/aromatic N) is 2. The van der Waals surface area contributed by atoms with Gasteiger partial charge in [-0.3, -0.25) is 9.78 Å². The Morgan fingerprint density at radius 2 is 2.24 bits per heavy atom. The Kier molecular flexibility index (Phi) is 4.90. The molecule has 112 valence electrons. The molecule has 21 heavy (non-hydrogen) atoms. The summed E-state index contributed by atoms with van der Waals surface area (Å²) in [6.07, 6.45) is 2.83. The molecule has 0 saturated carbocycles. The number of nitrogens with two attached hydrogens (primary N) is 1. The smallest absolute Gasteiger partial charge is 0.225 e. The molecule has 0 aliphatic carbocycles. The predicted molar refractivity (Wildman–Crippen MR) is 85.3 cm³/mol. The Morgan fingerprint density at radius 3 is 2.86 bits per heavy atom. The molecule has 2 heterocycles. The van der Waals surface area contributed by atoms with Crippen LogP contribution < -0.4 is 11.1 Å². The highest BCUT2D eigenvalue weighted by molar-refractivity contribution is 7.15. The summed E-state index contributed by atoms with van der Waals surface area (Å²) in [6.45, 7) is 5.89. The number of nitrogen functional groups attached to an aromatic ring is 1. The van der Waals surface area contributed by atoms with E-state index in [0.717, 1.165) is 28.2 Å². The van der Waals surface area contributed by atoms with Gasteiger partial charge < -0.3 is 11.1 Å². The van der Waals surface area contributed by atoms with E-state index in [1.54, 1.807) is 6.20 Å². The normalized spacial score (nSPS) is 12.1. The first-order valence-electron chi connectivity index (χ1n) is 6.87. The third-order valence-corrected chi connectivity index (χ3v) is 4.24. The van der Waals surface area contributed by atoms with Gasteiger partial charge in [0.05, 0.1) is 12.1 Å². The minimum Gasteiger partial charge on any atom is -0.375 e. The van der Waals surface area contributed by atoms with Gasteiger partial charge in [0.1, 0.15) is 0 Å². The molecule has 0 aliphatic heterocycles. The highest BCUT2D eigenvalue weighted by atomic mass is 32.1. The first kappa shape index (κ1) is 15.4. The van der Waals surface area contributed by atoms with Gasteiger partial charge in [-0.1, -0.05) is 6.07 Å². The van der Waals surface area contributed by atoms with Crippen LogP contribution in [0.15, 0.2) is 18.3 Å². The van der Waals surface area contributed by atoms with Crippen molar-refractivity contribution in [1.82, 2.24) is 15.3 Å². The molecule has 0 radical (unpaired) electrons. The van der Waals surface area contributed by atoms with Crippen LogP contribution in [0.1, 0.15) is 28.8 Å². The summed E-state index contributed by atoms with van der Waals surface area (Å²) in [7, 11) is 0. The van der Waals surface area contributed by atoms with Crippen molar-refractivity contribution in [2.45, 2.75) is 39.7 Å². The van der Waals surface area contributed by atoms with Crippen molar-refractivity contribution in [3.63, 3.8) is 0 Å². The van der Waals surface area contributed by atoms with Crippen LogP contribution in [-0.2, 0) is 17.6 Å². The highest BCUT2D eigenvalue weighted by Crippen LogP contribution is 2.20. The summed E-state index contributed by atoms with van der Waals surface area (Å²) in [5.41, 5.74) is 8.64. The second kappa shape index (κ2) is 6.67. The summed E-state index contributed by atoms with van der Waals surface area (Å²) < 4.78 is 0. The topological polar surface area (TPSA) is 80.9 Å². The molecule has 0 spiro atoms. The number of aryl methyl sites for hydroxylation is 2. The van der Waals surface area contributed by atoms with Crippen LogP contribution in [0.2, 0.25) is 0 Å². The van der Waals surface area contributed by atoms with E-state index in [1.165, 1.54) is 11.3 Å². The van der Waals surface area contributed by atoms with E-state index in [9.17, 15) is 4.79 Å². The van der Waals surface area contributed by atoms with Gasteiger partial charge in [-0.2, -0.15) is 0 Å². The van der Waals surface area contributed by atoms with Crippen LogP contribution in [0.5, 0.6) is 0 Å². The molecule has 5 nitrogen and oxygen atoms in total. The second-order valence-corrected chi connectivity index (χ2v) is 6.29. The zero-order chi connectivity index (χ0) is 15.4. The van der Waals surface area contributed by atoms with Gasteiger partial charge >= 0.3 is 0 Å². The van der Waals surface area contributed by atoms with E-state index in [2.05, 4.69) is 15.3 Å². The Balaban J connectivity index is 1.90. The molecule has 0 unspecified atom stereocenters. The van der Waals surface area contributed by atoms with Crippen molar-refractivity contribution >= 4 is 22.4 Å². The average molecular weight is 304 g/mol. The van der Waals surface area contributed by atoms with E-state index >= 15 is 0 Å². The summed E-state index contributed by atoms with van der Waals surface area (Å²) in [6, 6.07) is 3.98. The van der Waals surface area contributed by atoms with Crippen molar-refractivity contribution < 1.29 is 4.79 Å². The quantitative estimate of drug-likeness (QED) is 0.885. The summed E-state index contributed by atoms with van der Waals surface area (Å²) in [5, 5.41) is 3.51. The largest absolute Gasteiger partial charge is 0.375 e. The fourth-order valence-corrected chi connectivity index (χ4v) is 2.99. The van der Waals surface area contributed by atoms with Crippen LogP contribution in [0.3, 0.4) is 0 Å². The maximum atomic E-state index is 12.1. The van der Waals surface area contributed by atoms with E-state index in [-0.39, 0.29) is 11.9 Å². The predicted octanol–water partition coefficient (Wildman–Crippen LogP) is 2.03. The lowest BCUT2D eigenvalue weighted by Crippen LogP contribution is -2.35. The van der Waals surface area contributed by atoms with Gasteiger partial charge in [0.25, 0.3) is 0 Å². The number of amides is 1. The monoisotopic (exact) mass is 304 g/mol.